The molecule has 0 bridgehead atoms. The van der Waals surface area contributed by atoms with Crippen molar-refractivity contribution in [1.82, 2.24) is 15.7 Å². The third-order valence-corrected chi connectivity index (χ3v) is 11.8. The third kappa shape index (κ3) is 10.6. The molecule has 3 aromatic rings. The van der Waals surface area contributed by atoms with Crippen molar-refractivity contribution in [2.45, 2.75) is 71.8 Å². The minimum absolute atomic E-state index is 0.0303. The van der Waals surface area contributed by atoms with Crippen LogP contribution >= 0.6 is 0 Å². The van der Waals surface area contributed by atoms with Gasteiger partial charge < -0.3 is 25.4 Å². The molecule has 6 atom stereocenters. The number of anilines is 1. The Morgan fingerprint density at radius 3 is 2.43 bits per heavy atom. The number of hydroxylamine groups is 2. The van der Waals surface area contributed by atoms with Gasteiger partial charge in [-0.1, -0.05) is 76.2 Å². The maximum atomic E-state index is 14.0. The topological polar surface area (TPSA) is 133 Å². The molecule has 1 saturated carbocycles. The molecule has 3 N–H and O–H groups in total. The highest BCUT2D eigenvalue weighted by Crippen LogP contribution is 2.45. The molecule has 2 unspecified atom stereocenters. The number of nitrogens with one attached hydrogen (secondary N) is 2. The van der Waals surface area contributed by atoms with Crippen LogP contribution in [0.2, 0.25) is 0 Å². The van der Waals surface area contributed by atoms with Crippen LogP contribution in [0.5, 0.6) is 5.75 Å². The molecule has 1 aliphatic carbocycles. The highest BCUT2D eigenvalue weighted by atomic mass is 19.4. The van der Waals surface area contributed by atoms with Gasteiger partial charge in [0.25, 0.3) is 11.8 Å². The summed E-state index contributed by atoms with van der Waals surface area (Å²) in [6.45, 7) is 7.90. The van der Waals surface area contributed by atoms with Gasteiger partial charge in [-0.15, -0.1) is 0 Å². The van der Waals surface area contributed by atoms with Crippen molar-refractivity contribution < 1.29 is 42.2 Å². The Hall–Kier alpha value is -4.79. The molecule has 314 valence electrons. The van der Waals surface area contributed by atoms with Gasteiger partial charge in [0.15, 0.2) is 0 Å². The number of hydrogen-bond acceptors (Lipinski definition) is 8. The molecule has 1 aliphatic heterocycles. The van der Waals surface area contributed by atoms with E-state index in [1.165, 1.54) is 12.2 Å². The SMILES string of the molecule is COc1c(CN2O[C@@H](CNC(=O)C(F)(F)F)C(CO)[C@H]2C(=O)N=CC2C[C@@H](C)C(C)(C)C[C@@H]2C)cccc1-c1cc(C(=O)NCCc2ccccc2)cc(N(C)C)c1. The molecule has 5 rings (SSSR count). The highest BCUT2D eigenvalue weighted by molar-refractivity contribution is 5.97. The average molecular weight is 808 g/mol. The molecular weight excluding hydrogens is 752 g/mol. The summed E-state index contributed by atoms with van der Waals surface area (Å²) in [5.41, 5.74) is 4.32. The molecule has 3 aromatic carbocycles. The van der Waals surface area contributed by atoms with Crippen molar-refractivity contribution in [3.63, 3.8) is 0 Å². The predicted octanol–water partition coefficient (Wildman–Crippen LogP) is 6.48. The van der Waals surface area contributed by atoms with Gasteiger partial charge in [-0.2, -0.15) is 18.2 Å². The number of carbonyl (C=O) groups excluding carboxylic acids is 3. The van der Waals surface area contributed by atoms with Crippen LogP contribution in [0.3, 0.4) is 0 Å². The first-order valence-corrected chi connectivity index (χ1v) is 19.7. The molecule has 1 saturated heterocycles. The number of nitrogens with zero attached hydrogens (tertiary/aromatic N) is 3. The van der Waals surface area contributed by atoms with Crippen LogP contribution in [0.1, 0.15) is 62.0 Å². The number of aliphatic hydroxyl groups is 1. The van der Waals surface area contributed by atoms with Gasteiger partial charge in [0.1, 0.15) is 17.9 Å². The minimum atomic E-state index is -5.13. The maximum absolute atomic E-state index is 14.0. The number of para-hydroxylation sites is 1. The second-order valence-electron chi connectivity index (χ2n) is 16.5. The molecule has 11 nitrogen and oxygen atoms in total. The normalized spacial score (nSPS) is 23.4. The Morgan fingerprint density at radius 1 is 1.05 bits per heavy atom. The van der Waals surface area contributed by atoms with E-state index in [0.29, 0.717) is 46.9 Å². The second kappa shape index (κ2) is 18.9. The van der Waals surface area contributed by atoms with Crippen LogP contribution in [-0.4, -0.2) is 93.3 Å². The van der Waals surface area contributed by atoms with E-state index in [1.54, 1.807) is 30.5 Å². The van der Waals surface area contributed by atoms with E-state index < -0.39 is 49.2 Å². The monoisotopic (exact) mass is 807 g/mol. The zero-order valence-corrected chi connectivity index (χ0v) is 34.3. The van der Waals surface area contributed by atoms with Gasteiger partial charge >= 0.3 is 12.1 Å². The summed E-state index contributed by atoms with van der Waals surface area (Å²) in [6, 6.07) is 19.5. The van der Waals surface area contributed by atoms with E-state index in [2.05, 4.69) is 38.0 Å². The lowest BCUT2D eigenvalue weighted by Crippen LogP contribution is -2.44. The molecule has 0 radical (unpaired) electrons. The van der Waals surface area contributed by atoms with Crippen LogP contribution in [0.4, 0.5) is 18.9 Å². The minimum Gasteiger partial charge on any atom is -0.496 e. The molecule has 3 amide bonds. The molecule has 14 heteroatoms. The van der Waals surface area contributed by atoms with Crippen molar-refractivity contribution in [3.8, 4) is 16.9 Å². The quantitative estimate of drug-likeness (QED) is 0.158. The number of carbonyl (C=O) groups is 3. The van der Waals surface area contributed by atoms with Gasteiger partial charge in [0.05, 0.1) is 20.3 Å². The van der Waals surface area contributed by atoms with E-state index in [9.17, 15) is 32.7 Å². The van der Waals surface area contributed by atoms with Crippen molar-refractivity contribution in [2.75, 3.05) is 45.8 Å². The summed E-state index contributed by atoms with van der Waals surface area (Å²) in [5, 5.41) is 16.7. The fourth-order valence-electron chi connectivity index (χ4n) is 8.04. The number of rotatable bonds is 14. The number of benzene rings is 3. The fraction of sp³-hybridized carbons (Fsp3) is 0.500. The molecule has 0 spiro atoms. The third-order valence-electron chi connectivity index (χ3n) is 11.8. The van der Waals surface area contributed by atoms with E-state index in [4.69, 9.17) is 9.57 Å². The van der Waals surface area contributed by atoms with E-state index in [1.807, 2.05) is 66.8 Å². The summed E-state index contributed by atoms with van der Waals surface area (Å²) < 4.78 is 45.4. The smallest absolute Gasteiger partial charge is 0.471 e. The summed E-state index contributed by atoms with van der Waals surface area (Å²) in [5.74, 6) is -2.96. The van der Waals surface area contributed by atoms with E-state index >= 15 is 0 Å². The summed E-state index contributed by atoms with van der Waals surface area (Å²) in [7, 11) is 5.23. The lowest BCUT2D eigenvalue weighted by Gasteiger charge is -2.43. The number of ether oxygens (including phenoxy) is 1. The number of aliphatic hydroxyl groups excluding tert-OH is 1. The number of halogens is 3. The van der Waals surface area contributed by atoms with Crippen LogP contribution < -0.4 is 20.3 Å². The Balaban J connectivity index is 1.45. The Labute approximate surface area is 338 Å². The molecule has 2 aliphatic rings. The first kappa shape index (κ1) is 44.3. The number of methoxy groups -OCH3 is 1. The number of alkyl halides is 3. The van der Waals surface area contributed by atoms with Crippen LogP contribution in [0.15, 0.2) is 71.7 Å². The standard InChI is InChI=1S/C44H56F3N5O6/c1-27-22-43(3,4)28(2)18-33(27)23-49-41(55)38-36(26-53)37(24-50-42(56)44(45,46)47)58-52(38)25-30-14-11-15-35(39(30)57-7)31-19-32(21-34(20-31)51(5)6)40(54)48-17-16-29-12-9-8-10-13-29/h8-15,19-21,23,27-28,33,36-38,53H,16-18,22,24-26H2,1-7H3,(H,48,54)(H,50,56)/t27-,28+,33?,36?,37-,38-/m0/s1. The van der Waals surface area contributed by atoms with Crippen LogP contribution in [0, 0.1) is 29.1 Å². The molecule has 1 heterocycles. The summed E-state index contributed by atoms with van der Waals surface area (Å²) in [6.07, 6.45) is -2.19. The first-order chi connectivity index (χ1) is 27.4. The van der Waals surface area contributed by atoms with Gasteiger partial charge in [0.2, 0.25) is 0 Å². The van der Waals surface area contributed by atoms with Gasteiger partial charge in [-0.05, 0) is 71.8 Å². The Morgan fingerprint density at radius 2 is 1.78 bits per heavy atom. The van der Waals surface area contributed by atoms with Crippen molar-refractivity contribution in [2.24, 2.45) is 34.1 Å². The van der Waals surface area contributed by atoms with Crippen LogP contribution in [-0.2, 0) is 27.4 Å². The Kier molecular flexibility index (Phi) is 14.4. The molecule has 58 heavy (non-hydrogen) atoms. The average Bonchev–Trinajstić information content (AvgIpc) is 3.53. The number of aliphatic imine (C=N–C) groups is 1. The largest absolute Gasteiger partial charge is 0.496 e. The van der Waals surface area contributed by atoms with E-state index in [0.717, 1.165) is 24.1 Å². The van der Waals surface area contributed by atoms with Gasteiger partial charge in [-0.3, -0.25) is 19.2 Å². The molecule has 2 fully saturated rings. The number of amides is 3. The fourth-order valence-corrected chi connectivity index (χ4v) is 8.04. The number of hydrogen-bond donors (Lipinski definition) is 3. The zero-order chi connectivity index (χ0) is 42.4. The highest BCUT2D eigenvalue weighted by Gasteiger charge is 2.48. The lowest BCUT2D eigenvalue weighted by atomic mass is 9.62. The Bertz CT molecular complexity index is 1940. The predicted molar refractivity (Wildman–Crippen MR) is 217 cm³/mol. The first-order valence-electron chi connectivity index (χ1n) is 19.7. The lowest BCUT2D eigenvalue weighted by molar-refractivity contribution is -0.181. The molecular formula is C44H56F3N5O6. The van der Waals surface area contributed by atoms with E-state index in [-0.39, 0.29) is 29.7 Å². The van der Waals surface area contributed by atoms with Crippen molar-refractivity contribution in [3.05, 3.63) is 83.4 Å². The zero-order valence-electron chi connectivity index (χ0n) is 34.3. The molecule has 0 aromatic heterocycles. The van der Waals surface area contributed by atoms with Crippen molar-refractivity contribution in [1.29, 1.82) is 0 Å². The summed E-state index contributed by atoms with van der Waals surface area (Å²) >= 11 is 0. The maximum Gasteiger partial charge on any atom is 0.471 e. The van der Waals surface area contributed by atoms with Crippen molar-refractivity contribution >= 4 is 29.6 Å². The van der Waals surface area contributed by atoms with Gasteiger partial charge in [-0.25, -0.2) is 4.99 Å². The van der Waals surface area contributed by atoms with Gasteiger partial charge in [0, 0.05) is 61.7 Å². The summed E-state index contributed by atoms with van der Waals surface area (Å²) in [4.78, 5) is 51.7. The second-order valence-corrected chi connectivity index (χ2v) is 16.5. The van der Waals surface area contributed by atoms with Crippen LogP contribution in [0.25, 0.3) is 11.1 Å².